The van der Waals surface area contributed by atoms with Gasteiger partial charge in [0, 0.05) is 36.9 Å². The molecule has 3 rings (SSSR count). The first-order valence-corrected chi connectivity index (χ1v) is 9.59. The Bertz CT molecular complexity index is 551. The molecular formula is C18H25NO4S. The van der Waals surface area contributed by atoms with Crippen LogP contribution < -0.4 is 0 Å². The number of nitrogens with zero attached hydrogens (tertiary/aromatic N) is 1. The fourth-order valence-electron chi connectivity index (χ4n) is 3.12. The SMILES string of the molecule is O=C(C1=C[C@@H](c2cccs2)C[C@@H](OCCCCO)O1)N1CCCC1. The van der Waals surface area contributed by atoms with E-state index in [4.69, 9.17) is 14.6 Å². The lowest BCUT2D eigenvalue weighted by Crippen LogP contribution is -2.34. The van der Waals surface area contributed by atoms with E-state index < -0.39 is 6.29 Å². The normalized spacial score (nSPS) is 23.9. The zero-order valence-electron chi connectivity index (χ0n) is 13.9. The van der Waals surface area contributed by atoms with Crippen LogP contribution in [-0.2, 0) is 14.3 Å². The van der Waals surface area contributed by atoms with Gasteiger partial charge in [-0.3, -0.25) is 4.79 Å². The Kier molecular flexibility index (Phi) is 6.29. The minimum atomic E-state index is -0.401. The first kappa shape index (κ1) is 17.5. The summed E-state index contributed by atoms with van der Waals surface area (Å²) in [5.41, 5.74) is 0. The number of carbonyl (C=O) groups excluding carboxylic acids is 1. The second-order valence-corrected chi connectivity index (χ2v) is 7.22. The third kappa shape index (κ3) is 4.37. The average Bonchev–Trinajstić information content (AvgIpc) is 3.31. The molecule has 132 valence electrons. The first-order chi connectivity index (χ1) is 11.8. The predicted molar refractivity (Wildman–Crippen MR) is 92.7 cm³/mol. The van der Waals surface area contributed by atoms with E-state index in [1.807, 2.05) is 17.0 Å². The quantitative estimate of drug-likeness (QED) is 0.768. The number of hydrogen-bond acceptors (Lipinski definition) is 5. The molecule has 0 unspecified atom stereocenters. The summed E-state index contributed by atoms with van der Waals surface area (Å²) in [6.45, 7) is 2.33. The van der Waals surface area contributed by atoms with Gasteiger partial charge in [0.2, 0.25) is 6.29 Å². The number of rotatable bonds is 7. The van der Waals surface area contributed by atoms with Crippen molar-refractivity contribution in [1.29, 1.82) is 0 Å². The van der Waals surface area contributed by atoms with Gasteiger partial charge < -0.3 is 19.5 Å². The van der Waals surface area contributed by atoms with Gasteiger partial charge in [0.15, 0.2) is 5.76 Å². The van der Waals surface area contributed by atoms with Gasteiger partial charge in [-0.15, -0.1) is 11.3 Å². The minimum absolute atomic E-state index is 0.0160. The number of likely N-dealkylation sites (tertiary alicyclic amines) is 1. The van der Waals surface area contributed by atoms with E-state index >= 15 is 0 Å². The topological polar surface area (TPSA) is 59.0 Å². The second-order valence-electron chi connectivity index (χ2n) is 6.24. The van der Waals surface area contributed by atoms with Crippen molar-refractivity contribution in [2.75, 3.05) is 26.3 Å². The summed E-state index contributed by atoms with van der Waals surface area (Å²) in [4.78, 5) is 15.8. The van der Waals surface area contributed by atoms with Gasteiger partial charge in [0.25, 0.3) is 5.91 Å². The maximum absolute atomic E-state index is 12.7. The van der Waals surface area contributed by atoms with Crippen LogP contribution in [0.5, 0.6) is 0 Å². The van der Waals surface area contributed by atoms with Gasteiger partial charge in [0.05, 0.1) is 6.61 Å². The Morgan fingerprint density at radius 2 is 2.21 bits per heavy atom. The zero-order valence-corrected chi connectivity index (χ0v) is 14.7. The van der Waals surface area contributed by atoms with Crippen LogP contribution in [0.2, 0.25) is 0 Å². The van der Waals surface area contributed by atoms with Crippen molar-refractivity contribution >= 4 is 17.2 Å². The molecule has 1 aromatic rings. The smallest absolute Gasteiger partial charge is 0.288 e. The van der Waals surface area contributed by atoms with Crippen LogP contribution in [0.25, 0.3) is 0 Å². The summed E-state index contributed by atoms with van der Waals surface area (Å²) < 4.78 is 11.7. The molecule has 0 radical (unpaired) electrons. The van der Waals surface area contributed by atoms with E-state index in [2.05, 4.69) is 11.4 Å². The Morgan fingerprint density at radius 1 is 1.38 bits per heavy atom. The minimum Gasteiger partial charge on any atom is -0.459 e. The van der Waals surface area contributed by atoms with Gasteiger partial charge >= 0.3 is 0 Å². The van der Waals surface area contributed by atoms with E-state index in [9.17, 15) is 4.79 Å². The molecule has 1 fully saturated rings. The highest BCUT2D eigenvalue weighted by Gasteiger charge is 2.32. The van der Waals surface area contributed by atoms with Crippen molar-refractivity contribution in [2.45, 2.75) is 44.3 Å². The van der Waals surface area contributed by atoms with Crippen LogP contribution in [0.1, 0.15) is 42.9 Å². The number of ether oxygens (including phenoxy) is 2. The monoisotopic (exact) mass is 351 g/mol. The summed E-state index contributed by atoms with van der Waals surface area (Å²) >= 11 is 1.70. The van der Waals surface area contributed by atoms with Gasteiger partial charge in [-0.05, 0) is 43.2 Å². The van der Waals surface area contributed by atoms with Crippen molar-refractivity contribution in [3.8, 4) is 0 Å². The molecule has 6 heteroatoms. The number of amides is 1. The molecule has 2 atom stereocenters. The van der Waals surface area contributed by atoms with Crippen LogP contribution in [0.15, 0.2) is 29.3 Å². The highest BCUT2D eigenvalue weighted by molar-refractivity contribution is 7.10. The van der Waals surface area contributed by atoms with Crippen molar-refractivity contribution in [2.24, 2.45) is 0 Å². The molecular weight excluding hydrogens is 326 g/mol. The molecule has 0 bridgehead atoms. The third-order valence-corrected chi connectivity index (χ3v) is 5.43. The summed E-state index contributed by atoms with van der Waals surface area (Å²) in [6, 6.07) is 4.13. The maximum atomic E-state index is 12.7. The van der Waals surface area contributed by atoms with Crippen molar-refractivity contribution in [3.63, 3.8) is 0 Å². The molecule has 1 saturated heterocycles. The number of carbonyl (C=O) groups is 1. The standard InChI is InChI=1S/C18H25NO4S/c20-9-3-4-10-22-17-13-14(16-6-5-11-24-16)12-15(23-17)18(21)19-7-1-2-8-19/h5-6,11-12,14,17,20H,1-4,7-10,13H2/t14-,17+/m1/s1. The fourth-order valence-corrected chi connectivity index (χ4v) is 3.93. The van der Waals surface area contributed by atoms with Crippen LogP contribution in [0, 0.1) is 0 Å². The molecule has 0 aromatic carbocycles. The average molecular weight is 351 g/mol. The summed E-state index contributed by atoms with van der Waals surface area (Å²) in [5, 5.41) is 10.9. The van der Waals surface area contributed by atoms with Crippen LogP contribution in [-0.4, -0.2) is 48.5 Å². The molecule has 0 saturated carbocycles. The molecule has 1 N–H and O–H groups in total. The summed E-state index contributed by atoms with van der Waals surface area (Å²) in [7, 11) is 0. The van der Waals surface area contributed by atoms with Gasteiger partial charge in [0.1, 0.15) is 0 Å². The van der Waals surface area contributed by atoms with Crippen molar-refractivity contribution in [1.82, 2.24) is 4.90 Å². The lowest BCUT2D eigenvalue weighted by atomic mass is 9.99. The number of allylic oxidation sites excluding steroid dienone is 1. The number of aliphatic hydroxyl groups is 1. The third-order valence-electron chi connectivity index (χ3n) is 4.43. The Balaban J connectivity index is 1.68. The van der Waals surface area contributed by atoms with Crippen LogP contribution in [0.4, 0.5) is 0 Å². The highest BCUT2D eigenvalue weighted by Crippen LogP contribution is 2.34. The molecule has 2 aliphatic rings. The van der Waals surface area contributed by atoms with Gasteiger partial charge in [-0.1, -0.05) is 6.07 Å². The number of hydrogen-bond donors (Lipinski definition) is 1. The maximum Gasteiger partial charge on any atom is 0.288 e. The van der Waals surface area contributed by atoms with E-state index in [1.165, 1.54) is 4.88 Å². The Labute approximate surface area is 146 Å². The fraction of sp³-hybridized carbons (Fsp3) is 0.611. The lowest BCUT2D eigenvalue weighted by molar-refractivity contribution is -0.152. The van der Waals surface area contributed by atoms with Crippen molar-refractivity contribution in [3.05, 3.63) is 34.2 Å². The summed E-state index contributed by atoms with van der Waals surface area (Å²) in [6.07, 6.45) is 5.91. The van der Waals surface area contributed by atoms with Crippen LogP contribution >= 0.6 is 11.3 Å². The van der Waals surface area contributed by atoms with E-state index in [0.717, 1.165) is 45.2 Å². The number of unbranched alkanes of at least 4 members (excludes halogenated alkanes) is 1. The van der Waals surface area contributed by atoms with E-state index in [1.54, 1.807) is 11.3 Å². The molecule has 2 aliphatic heterocycles. The summed E-state index contributed by atoms with van der Waals surface area (Å²) in [5.74, 6) is 0.564. The lowest BCUT2D eigenvalue weighted by Gasteiger charge is -2.30. The second kappa shape index (κ2) is 8.65. The number of aliphatic hydroxyl groups excluding tert-OH is 1. The van der Waals surface area contributed by atoms with Gasteiger partial charge in [-0.25, -0.2) is 0 Å². The first-order valence-electron chi connectivity index (χ1n) is 8.71. The molecule has 3 heterocycles. The van der Waals surface area contributed by atoms with Crippen molar-refractivity contribution < 1.29 is 19.4 Å². The molecule has 0 spiro atoms. The molecule has 24 heavy (non-hydrogen) atoms. The Hall–Kier alpha value is -1.37. The largest absolute Gasteiger partial charge is 0.459 e. The zero-order chi connectivity index (χ0) is 16.8. The molecule has 1 amide bonds. The van der Waals surface area contributed by atoms with Gasteiger partial charge in [-0.2, -0.15) is 0 Å². The molecule has 1 aromatic heterocycles. The number of thiophene rings is 1. The van der Waals surface area contributed by atoms with E-state index in [-0.39, 0.29) is 18.4 Å². The molecule has 5 nitrogen and oxygen atoms in total. The highest BCUT2D eigenvalue weighted by atomic mass is 32.1. The predicted octanol–water partition coefficient (Wildman–Crippen LogP) is 2.87. The molecule has 0 aliphatic carbocycles. The van der Waals surface area contributed by atoms with E-state index in [0.29, 0.717) is 12.4 Å². The van der Waals surface area contributed by atoms with Crippen LogP contribution in [0.3, 0.4) is 0 Å². The Morgan fingerprint density at radius 3 is 2.92 bits per heavy atom.